The van der Waals surface area contributed by atoms with Gasteiger partial charge in [-0.2, -0.15) is 0 Å². The molecule has 0 atom stereocenters. The number of anilines is 3. The van der Waals surface area contributed by atoms with Crippen molar-refractivity contribution in [3.8, 4) is 0 Å². The summed E-state index contributed by atoms with van der Waals surface area (Å²) in [6.07, 6.45) is 3.54. The summed E-state index contributed by atoms with van der Waals surface area (Å²) < 4.78 is 26.9. The molecule has 0 unspecified atom stereocenters. The standard InChI is InChI=1S/C24H26F2N6O/c1-2-18-13-22(30-21-8-7-17(25)14-27-21)31-24(28-18)16-9-11-32(12-10-16)15-23(33)29-20-6-4-3-5-19(20)26/h3-8,13-14,16H,2,9-12,15H2,1H3,(H,29,33)(H,27,28,30,31). The van der Waals surface area contributed by atoms with Gasteiger partial charge in [-0.05, 0) is 56.6 Å². The summed E-state index contributed by atoms with van der Waals surface area (Å²) in [4.78, 5) is 27.8. The van der Waals surface area contributed by atoms with Crippen LogP contribution in [0.15, 0.2) is 48.7 Å². The van der Waals surface area contributed by atoms with Gasteiger partial charge in [-0.15, -0.1) is 0 Å². The molecule has 4 rings (SSSR count). The zero-order valence-corrected chi connectivity index (χ0v) is 18.4. The average Bonchev–Trinajstić information content (AvgIpc) is 2.82. The van der Waals surface area contributed by atoms with Crippen molar-refractivity contribution in [1.29, 1.82) is 0 Å². The molecule has 1 saturated heterocycles. The number of pyridine rings is 1. The second-order valence-electron chi connectivity index (χ2n) is 8.02. The van der Waals surface area contributed by atoms with Crippen LogP contribution in [0.5, 0.6) is 0 Å². The third-order valence-corrected chi connectivity index (χ3v) is 5.61. The number of hydrogen-bond donors (Lipinski definition) is 2. The Kier molecular flexibility index (Phi) is 7.19. The van der Waals surface area contributed by atoms with E-state index in [1.54, 1.807) is 24.3 Å². The molecule has 0 bridgehead atoms. The lowest BCUT2D eigenvalue weighted by Gasteiger charge is -2.31. The van der Waals surface area contributed by atoms with Crippen LogP contribution in [0.25, 0.3) is 0 Å². The van der Waals surface area contributed by atoms with E-state index in [2.05, 4.69) is 25.5 Å². The highest BCUT2D eigenvalue weighted by atomic mass is 19.1. The van der Waals surface area contributed by atoms with E-state index in [1.807, 2.05) is 13.0 Å². The molecule has 1 aromatic carbocycles. The van der Waals surface area contributed by atoms with Gasteiger partial charge in [0.15, 0.2) is 0 Å². The minimum Gasteiger partial charge on any atom is -0.325 e. The highest BCUT2D eigenvalue weighted by Crippen LogP contribution is 2.27. The molecule has 172 valence electrons. The van der Waals surface area contributed by atoms with Crippen LogP contribution in [0.3, 0.4) is 0 Å². The Balaban J connectivity index is 1.36. The van der Waals surface area contributed by atoms with Gasteiger partial charge in [0.2, 0.25) is 5.91 Å². The van der Waals surface area contributed by atoms with Crippen molar-refractivity contribution in [3.63, 3.8) is 0 Å². The zero-order chi connectivity index (χ0) is 23.2. The number of rotatable bonds is 7. The number of carbonyl (C=O) groups excluding carboxylic acids is 1. The third-order valence-electron chi connectivity index (χ3n) is 5.61. The molecule has 33 heavy (non-hydrogen) atoms. The molecule has 1 aliphatic rings. The lowest BCUT2D eigenvalue weighted by molar-refractivity contribution is -0.117. The number of piperidine rings is 1. The van der Waals surface area contributed by atoms with Crippen molar-refractivity contribution in [2.45, 2.75) is 32.1 Å². The number of carbonyl (C=O) groups is 1. The second kappa shape index (κ2) is 10.4. The van der Waals surface area contributed by atoms with Gasteiger partial charge in [0, 0.05) is 17.7 Å². The SMILES string of the molecule is CCc1cc(Nc2ccc(F)cn2)nc(C2CCN(CC(=O)Nc3ccccc3F)CC2)n1. The number of hydrogen-bond acceptors (Lipinski definition) is 6. The van der Waals surface area contributed by atoms with Gasteiger partial charge in [0.25, 0.3) is 0 Å². The van der Waals surface area contributed by atoms with E-state index in [0.717, 1.165) is 50.1 Å². The Hall–Kier alpha value is -3.46. The number of aromatic nitrogens is 3. The molecular weight excluding hydrogens is 426 g/mol. The molecule has 2 N–H and O–H groups in total. The first-order valence-electron chi connectivity index (χ1n) is 11.0. The summed E-state index contributed by atoms with van der Waals surface area (Å²) in [7, 11) is 0. The van der Waals surface area contributed by atoms with Gasteiger partial charge in [0.1, 0.15) is 29.1 Å². The Morgan fingerprint density at radius 1 is 1.09 bits per heavy atom. The molecule has 3 aromatic rings. The fourth-order valence-corrected chi connectivity index (χ4v) is 3.83. The van der Waals surface area contributed by atoms with Crippen LogP contribution in [-0.2, 0) is 11.2 Å². The molecular formula is C24H26F2N6O. The van der Waals surface area contributed by atoms with Crippen LogP contribution >= 0.6 is 0 Å². The Bertz CT molecular complexity index is 1100. The summed E-state index contributed by atoms with van der Waals surface area (Å²) in [5.74, 6) is 0.992. The Labute approximate surface area is 191 Å². The van der Waals surface area contributed by atoms with E-state index in [9.17, 15) is 13.6 Å². The highest BCUT2D eigenvalue weighted by molar-refractivity contribution is 5.92. The zero-order valence-electron chi connectivity index (χ0n) is 18.4. The third kappa shape index (κ3) is 6.07. The van der Waals surface area contributed by atoms with Crippen molar-refractivity contribution in [2.75, 3.05) is 30.3 Å². The largest absolute Gasteiger partial charge is 0.325 e. The Morgan fingerprint density at radius 2 is 1.88 bits per heavy atom. The van der Waals surface area contributed by atoms with E-state index < -0.39 is 11.6 Å². The molecule has 0 spiro atoms. The normalized spacial score (nSPS) is 14.8. The molecule has 7 nitrogen and oxygen atoms in total. The first-order chi connectivity index (χ1) is 16.0. The second-order valence-corrected chi connectivity index (χ2v) is 8.02. The average molecular weight is 453 g/mol. The van der Waals surface area contributed by atoms with Gasteiger partial charge in [-0.1, -0.05) is 19.1 Å². The maximum Gasteiger partial charge on any atom is 0.238 e. The number of benzene rings is 1. The summed E-state index contributed by atoms with van der Waals surface area (Å²) in [6, 6.07) is 10.9. The van der Waals surface area contributed by atoms with Crippen molar-refractivity contribution in [2.24, 2.45) is 0 Å². The molecule has 0 radical (unpaired) electrons. The number of likely N-dealkylation sites (tertiary alicyclic amines) is 1. The van der Waals surface area contributed by atoms with Crippen molar-refractivity contribution >= 4 is 23.2 Å². The fourth-order valence-electron chi connectivity index (χ4n) is 3.83. The predicted molar refractivity (Wildman–Crippen MR) is 122 cm³/mol. The van der Waals surface area contributed by atoms with E-state index in [-0.39, 0.29) is 24.1 Å². The first-order valence-corrected chi connectivity index (χ1v) is 11.0. The van der Waals surface area contributed by atoms with Crippen LogP contribution in [0.1, 0.15) is 37.2 Å². The lowest BCUT2D eigenvalue weighted by Crippen LogP contribution is -2.39. The molecule has 1 amide bonds. The molecule has 2 aromatic heterocycles. The number of nitrogens with zero attached hydrogens (tertiary/aromatic N) is 4. The van der Waals surface area contributed by atoms with Gasteiger partial charge in [-0.25, -0.2) is 23.7 Å². The van der Waals surface area contributed by atoms with E-state index in [0.29, 0.717) is 11.6 Å². The molecule has 3 heterocycles. The molecule has 1 aliphatic heterocycles. The summed E-state index contributed by atoms with van der Waals surface area (Å²) >= 11 is 0. The first kappa shape index (κ1) is 22.7. The lowest BCUT2D eigenvalue weighted by atomic mass is 9.95. The number of aryl methyl sites for hydroxylation is 1. The molecule has 0 aliphatic carbocycles. The number of nitrogens with one attached hydrogen (secondary N) is 2. The maximum absolute atomic E-state index is 13.7. The van der Waals surface area contributed by atoms with Crippen LogP contribution < -0.4 is 10.6 Å². The van der Waals surface area contributed by atoms with Crippen LogP contribution in [0, 0.1) is 11.6 Å². The van der Waals surface area contributed by atoms with Crippen molar-refractivity contribution in [3.05, 3.63) is 71.8 Å². The van der Waals surface area contributed by atoms with E-state index in [4.69, 9.17) is 4.98 Å². The van der Waals surface area contributed by atoms with E-state index >= 15 is 0 Å². The number of para-hydroxylation sites is 1. The van der Waals surface area contributed by atoms with Crippen LogP contribution in [0.2, 0.25) is 0 Å². The number of halogens is 2. The maximum atomic E-state index is 13.7. The molecule has 1 fully saturated rings. The molecule has 0 saturated carbocycles. The summed E-state index contributed by atoms with van der Waals surface area (Å²) in [5, 5.41) is 5.76. The predicted octanol–water partition coefficient (Wildman–Crippen LogP) is 4.27. The van der Waals surface area contributed by atoms with Crippen molar-refractivity contribution in [1.82, 2.24) is 19.9 Å². The minimum atomic E-state index is -0.447. The summed E-state index contributed by atoms with van der Waals surface area (Å²) in [5.41, 5.74) is 1.11. The van der Waals surface area contributed by atoms with Crippen LogP contribution in [-0.4, -0.2) is 45.4 Å². The summed E-state index contributed by atoms with van der Waals surface area (Å²) in [6.45, 7) is 3.68. The van der Waals surface area contributed by atoms with Gasteiger partial charge in [-0.3, -0.25) is 9.69 Å². The topological polar surface area (TPSA) is 83.0 Å². The van der Waals surface area contributed by atoms with Gasteiger partial charge >= 0.3 is 0 Å². The Morgan fingerprint density at radius 3 is 2.58 bits per heavy atom. The number of amides is 1. The van der Waals surface area contributed by atoms with E-state index in [1.165, 1.54) is 12.1 Å². The van der Waals surface area contributed by atoms with Gasteiger partial charge in [0.05, 0.1) is 18.4 Å². The van der Waals surface area contributed by atoms with Crippen LogP contribution in [0.4, 0.5) is 26.1 Å². The highest BCUT2D eigenvalue weighted by Gasteiger charge is 2.25. The fraction of sp³-hybridized carbons (Fsp3) is 0.333. The van der Waals surface area contributed by atoms with Gasteiger partial charge < -0.3 is 10.6 Å². The quantitative estimate of drug-likeness (QED) is 0.557. The minimum absolute atomic E-state index is 0.170. The smallest absolute Gasteiger partial charge is 0.238 e. The van der Waals surface area contributed by atoms with Crippen molar-refractivity contribution < 1.29 is 13.6 Å². The monoisotopic (exact) mass is 452 g/mol. The molecule has 9 heteroatoms.